The summed E-state index contributed by atoms with van der Waals surface area (Å²) < 4.78 is 5.51. The molecule has 0 fully saturated rings. The van der Waals surface area contributed by atoms with Crippen LogP contribution in [0.5, 0.6) is 5.75 Å². The SMILES string of the molecule is CC(O)Oc1ccccc1C(C)(C)c1ccccc1. The van der Waals surface area contributed by atoms with Crippen LogP contribution in [0.2, 0.25) is 0 Å². The van der Waals surface area contributed by atoms with E-state index in [4.69, 9.17) is 4.74 Å². The highest BCUT2D eigenvalue weighted by Crippen LogP contribution is 2.37. The fourth-order valence-electron chi connectivity index (χ4n) is 2.28. The first kappa shape index (κ1) is 13.6. The van der Waals surface area contributed by atoms with Crippen molar-refractivity contribution in [1.29, 1.82) is 0 Å². The second-order valence-electron chi connectivity index (χ2n) is 5.20. The topological polar surface area (TPSA) is 29.5 Å². The van der Waals surface area contributed by atoms with Crippen LogP contribution in [0.15, 0.2) is 54.6 Å². The predicted octanol–water partition coefficient (Wildman–Crippen LogP) is 3.73. The molecule has 0 amide bonds. The van der Waals surface area contributed by atoms with Crippen LogP contribution in [0.1, 0.15) is 31.9 Å². The van der Waals surface area contributed by atoms with Gasteiger partial charge in [-0.1, -0.05) is 62.4 Å². The third kappa shape index (κ3) is 2.96. The van der Waals surface area contributed by atoms with E-state index in [2.05, 4.69) is 26.0 Å². The molecule has 0 heterocycles. The molecule has 100 valence electrons. The number of benzene rings is 2. The van der Waals surface area contributed by atoms with Crippen molar-refractivity contribution in [1.82, 2.24) is 0 Å². The standard InChI is InChI=1S/C17H20O2/c1-13(18)19-16-12-8-7-11-15(16)17(2,3)14-9-5-4-6-10-14/h4-13,18H,1-3H3. The van der Waals surface area contributed by atoms with Gasteiger partial charge in [0.05, 0.1) is 0 Å². The van der Waals surface area contributed by atoms with Crippen LogP contribution in [-0.2, 0) is 5.41 Å². The Labute approximate surface area is 114 Å². The molecule has 0 saturated heterocycles. The van der Waals surface area contributed by atoms with Crippen molar-refractivity contribution in [3.63, 3.8) is 0 Å². The Bertz CT molecular complexity index is 530. The summed E-state index contributed by atoms with van der Waals surface area (Å²) in [6, 6.07) is 18.2. The van der Waals surface area contributed by atoms with E-state index in [1.165, 1.54) is 5.56 Å². The van der Waals surface area contributed by atoms with Crippen LogP contribution < -0.4 is 4.74 Å². The molecule has 0 spiro atoms. The zero-order valence-corrected chi connectivity index (χ0v) is 11.6. The van der Waals surface area contributed by atoms with Gasteiger partial charge in [0.2, 0.25) is 0 Å². The summed E-state index contributed by atoms with van der Waals surface area (Å²) in [5, 5.41) is 9.44. The van der Waals surface area contributed by atoms with Crippen LogP contribution in [0.3, 0.4) is 0 Å². The lowest BCUT2D eigenvalue weighted by Crippen LogP contribution is -2.21. The van der Waals surface area contributed by atoms with E-state index >= 15 is 0 Å². The molecule has 2 aromatic rings. The van der Waals surface area contributed by atoms with Crippen molar-refractivity contribution in [2.45, 2.75) is 32.5 Å². The normalized spacial score (nSPS) is 13.1. The van der Waals surface area contributed by atoms with E-state index < -0.39 is 6.29 Å². The van der Waals surface area contributed by atoms with Gasteiger partial charge in [-0.2, -0.15) is 0 Å². The second kappa shape index (κ2) is 5.45. The minimum absolute atomic E-state index is 0.174. The number of para-hydroxylation sites is 1. The van der Waals surface area contributed by atoms with Gasteiger partial charge in [0.25, 0.3) is 0 Å². The summed E-state index contributed by atoms with van der Waals surface area (Å²) in [5.41, 5.74) is 2.12. The third-order valence-electron chi connectivity index (χ3n) is 3.35. The number of hydrogen-bond acceptors (Lipinski definition) is 2. The number of hydrogen-bond donors (Lipinski definition) is 1. The summed E-state index contributed by atoms with van der Waals surface area (Å²) in [5.74, 6) is 0.728. The van der Waals surface area contributed by atoms with Crippen LogP contribution in [0.4, 0.5) is 0 Å². The van der Waals surface area contributed by atoms with Crippen molar-refractivity contribution in [2.75, 3.05) is 0 Å². The van der Waals surface area contributed by atoms with Crippen LogP contribution >= 0.6 is 0 Å². The molecule has 0 radical (unpaired) electrons. The van der Waals surface area contributed by atoms with E-state index in [-0.39, 0.29) is 5.41 Å². The van der Waals surface area contributed by atoms with Gasteiger partial charge < -0.3 is 9.84 Å². The van der Waals surface area contributed by atoms with E-state index in [1.54, 1.807) is 6.92 Å². The smallest absolute Gasteiger partial charge is 0.194 e. The highest BCUT2D eigenvalue weighted by Gasteiger charge is 2.26. The molecule has 1 unspecified atom stereocenters. The molecule has 0 aliphatic heterocycles. The van der Waals surface area contributed by atoms with E-state index in [9.17, 15) is 5.11 Å². The van der Waals surface area contributed by atoms with Gasteiger partial charge in [0.1, 0.15) is 5.75 Å². The summed E-state index contributed by atoms with van der Waals surface area (Å²) in [7, 11) is 0. The Morgan fingerprint density at radius 1 is 0.947 bits per heavy atom. The van der Waals surface area contributed by atoms with Crippen LogP contribution in [0.25, 0.3) is 0 Å². The lowest BCUT2D eigenvalue weighted by molar-refractivity contribution is -0.00144. The van der Waals surface area contributed by atoms with Crippen molar-refractivity contribution in [3.8, 4) is 5.75 Å². The summed E-state index contributed by atoms with van der Waals surface area (Å²) >= 11 is 0. The summed E-state index contributed by atoms with van der Waals surface area (Å²) in [6.07, 6.45) is -0.812. The van der Waals surface area contributed by atoms with Gasteiger partial charge in [0, 0.05) is 11.0 Å². The first-order chi connectivity index (χ1) is 9.01. The average molecular weight is 256 g/mol. The van der Waals surface area contributed by atoms with Gasteiger partial charge in [-0.25, -0.2) is 0 Å². The van der Waals surface area contributed by atoms with E-state index in [0.29, 0.717) is 0 Å². The Kier molecular flexibility index (Phi) is 3.91. The molecular formula is C17H20O2. The fourth-order valence-corrected chi connectivity index (χ4v) is 2.28. The Hall–Kier alpha value is -1.80. The largest absolute Gasteiger partial charge is 0.465 e. The summed E-state index contributed by atoms with van der Waals surface area (Å²) in [4.78, 5) is 0. The quantitative estimate of drug-likeness (QED) is 0.845. The van der Waals surface area contributed by atoms with Crippen molar-refractivity contribution < 1.29 is 9.84 Å². The minimum atomic E-state index is -0.812. The Balaban J connectivity index is 2.46. The van der Waals surface area contributed by atoms with E-state index in [0.717, 1.165) is 11.3 Å². The molecular weight excluding hydrogens is 236 g/mol. The fraction of sp³-hybridized carbons (Fsp3) is 0.294. The zero-order valence-electron chi connectivity index (χ0n) is 11.6. The first-order valence-corrected chi connectivity index (χ1v) is 6.51. The average Bonchev–Trinajstić information content (AvgIpc) is 2.39. The van der Waals surface area contributed by atoms with Crippen molar-refractivity contribution in [2.24, 2.45) is 0 Å². The van der Waals surface area contributed by atoms with Crippen LogP contribution in [0, 0.1) is 0 Å². The third-order valence-corrected chi connectivity index (χ3v) is 3.35. The van der Waals surface area contributed by atoms with Crippen molar-refractivity contribution in [3.05, 3.63) is 65.7 Å². The maximum absolute atomic E-state index is 9.44. The molecule has 2 rings (SSSR count). The Morgan fingerprint density at radius 2 is 1.53 bits per heavy atom. The number of rotatable bonds is 4. The molecule has 2 nitrogen and oxygen atoms in total. The second-order valence-corrected chi connectivity index (χ2v) is 5.20. The minimum Gasteiger partial charge on any atom is -0.465 e. The van der Waals surface area contributed by atoms with Crippen molar-refractivity contribution >= 4 is 0 Å². The number of aliphatic hydroxyl groups excluding tert-OH is 1. The lowest BCUT2D eigenvalue weighted by Gasteiger charge is -2.28. The molecule has 2 heteroatoms. The van der Waals surface area contributed by atoms with Gasteiger partial charge in [0.15, 0.2) is 6.29 Å². The molecule has 2 aromatic carbocycles. The van der Waals surface area contributed by atoms with Crippen LogP contribution in [-0.4, -0.2) is 11.4 Å². The van der Waals surface area contributed by atoms with E-state index in [1.807, 2.05) is 42.5 Å². The predicted molar refractivity (Wildman–Crippen MR) is 77.3 cm³/mol. The number of aliphatic hydroxyl groups is 1. The molecule has 0 aromatic heterocycles. The van der Waals surface area contributed by atoms with Gasteiger partial charge in [-0.05, 0) is 18.6 Å². The first-order valence-electron chi connectivity index (χ1n) is 6.51. The molecule has 1 N–H and O–H groups in total. The highest BCUT2D eigenvalue weighted by molar-refractivity contribution is 5.45. The summed E-state index contributed by atoms with van der Waals surface area (Å²) in [6.45, 7) is 5.94. The van der Waals surface area contributed by atoms with Gasteiger partial charge >= 0.3 is 0 Å². The molecule has 1 atom stereocenters. The highest BCUT2D eigenvalue weighted by atomic mass is 16.6. The van der Waals surface area contributed by atoms with Gasteiger partial charge in [-0.15, -0.1) is 0 Å². The maximum atomic E-state index is 9.44. The monoisotopic (exact) mass is 256 g/mol. The molecule has 0 aliphatic carbocycles. The Morgan fingerprint density at radius 3 is 2.16 bits per heavy atom. The molecule has 19 heavy (non-hydrogen) atoms. The molecule has 0 aliphatic rings. The lowest BCUT2D eigenvalue weighted by atomic mass is 9.78. The van der Waals surface area contributed by atoms with Gasteiger partial charge in [-0.3, -0.25) is 0 Å². The zero-order chi connectivity index (χ0) is 13.9. The molecule has 0 bridgehead atoms. The number of ether oxygens (including phenoxy) is 1. The molecule has 0 saturated carbocycles. The maximum Gasteiger partial charge on any atom is 0.194 e.